The van der Waals surface area contributed by atoms with E-state index in [0.29, 0.717) is 22.4 Å². The third kappa shape index (κ3) is 5.84. The molecule has 0 aliphatic heterocycles. The van der Waals surface area contributed by atoms with E-state index in [4.69, 9.17) is 4.74 Å². The zero-order valence-corrected chi connectivity index (χ0v) is 23.0. The van der Waals surface area contributed by atoms with E-state index < -0.39 is 23.0 Å². The van der Waals surface area contributed by atoms with Crippen molar-refractivity contribution in [3.05, 3.63) is 94.5 Å². The number of benzene rings is 2. The lowest BCUT2D eigenvalue weighted by Gasteiger charge is -2.16. The molecule has 0 spiro atoms. The third-order valence-electron chi connectivity index (χ3n) is 6.53. The molecule has 5 aromatic rings. The average Bonchev–Trinajstić information content (AvgIpc) is 3.38. The van der Waals surface area contributed by atoms with Crippen LogP contribution in [-0.4, -0.2) is 43.4 Å². The Hall–Kier alpha value is -5.10. The Bertz CT molecular complexity index is 1820. The molecule has 0 fully saturated rings. The minimum absolute atomic E-state index is 0.0809. The van der Waals surface area contributed by atoms with Gasteiger partial charge in [0, 0.05) is 54.1 Å². The standard InChI is InChI=1S/C30H28F2N6O4/c1-16(2)38-13-21(18-4-6-19(31)7-5-18)27(40)22(14-38)30(41)35-20-8-9-24(23(32)12-20)42-25-10-11-33-28-26(25)29(37-36-28)34-17(3)15-39/h4-14,16-17,39H,15H2,1-3H3,(H,35,41)(H2,33,34,36,37)/t17-/m0/s1. The number of amides is 1. The number of halogens is 2. The van der Waals surface area contributed by atoms with Gasteiger partial charge in [-0.15, -0.1) is 0 Å². The van der Waals surface area contributed by atoms with Gasteiger partial charge in [-0.3, -0.25) is 14.7 Å². The molecule has 0 saturated heterocycles. The van der Waals surface area contributed by atoms with E-state index in [2.05, 4.69) is 25.8 Å². The summed E-state index contributed by atoms with van der Waals surface area (Å²) in [5, 5.41) is 22.4. The van der Waals surface area contributed by atoms with Crippen LogP contribution in [0.3, 0.4) is 0 Å². The summed E-state index contributed by atoms with van der Waals surface area (Å²) in [6.07, 6.45) is 4.53. The Morgan fingerprint density at radius 2 is 1.83 bits per heavy atom. The Morgan fingerprint density at radius 3 is 2.52 bits per heavy atom. The number of rotatable bonds is 9. The van der Waals surface area contributed by atoms with Crippen LogP contribution in [0.2, 0.25) is 0 Å². The number of hydrogen-bond acceptors (Lipinski definition) is 7. The second kappa shape index (κ2) is 11.8. The fourth-order valence-corrected chi connectivity index (χ4v) is 4.26. The second-order valence-electron chi connectivity index (χ2n) is 10.00. The summed E-state index contributed by atoms with van der Waals surface area (Å²) in [5.41, 5.74) is 0.511. The second-order valence-corrected chi connectivity index (χ2v) is 10.00. The minimum atomic E-state index is -0.765. The molecular weight excluding hydrogens is 546 g/mol. The van der Waals surface area contributed by atoms with Gasteiger partial charge in [0.1, 0.15) is 22.5 Å². The number of carbonyl (C=O) groups is 1. The van der Waals surface area contributed by atoms with Crippen LogP contribution in [0.5, 0.6) is 11.5 Å². The van der Waals surface area contributed by atoms with Crippen molar-refractivity contribution in [2.45, 2.75) is 32.9 Å². The molecule has 216 valence electrons. The molecule has 2 aromatic carbocycles. The first kappa shape index (κ1) is 28.4. The Kier molecular flexibility index (Phi) is 7.98. The van der Waals surface area contributed by atoms with Crippen molar-refractivity contribution in [3.8, 4) is 22.6 Å². The normalized spacial score (nSPS) is 12.0. The van der Waals surface area contributed by atoms with Gasteiger partial charge >= 0.3 is 0 Å². The highest BCUT2D eigenvalue weighted by Crippen LogP contribution is 2.34. The Balaban J connectivity index is 1.41. The van der Waals surface area contributed by atoms with E-state index >= 15 is 4.39 Å². The van der Waals surface area contributed by atoms with Crippen LogP contribution in [-0.2, 0) is 0 Å². The molecule has 3 aromatic heterocycles. The van der Waals surface area contributed by atoms with E-state index in [1.165, 1.54) is 48.8 Å². The van der Waals surface area contributed by atoms with Crippen molar-refractivity contribution in [3.63, 3.8) is 0 Å². The minimum Gasteiger partial charge on any atom is -0.453 e. The summed E-state index contributed by atoms with van der Waals surface area (Å²) in [6.45, 7) is 5.41. The van der Waals surface area contributed by atoms with Crippen molar-refractivity contribution < 1.29 is 23.4 Å². The number of nitrogens with one attached hydrogen (secondary N) is 3. The Morgan fingerprint density at radius 1 is 1.07 bits per heavy atom. The highest BCUT2D eigenvalue weighted by atomic mass is 19.1. The molecule has 3 heterocycles. The number of pyridine rings is 2. The SMILES string of the molecule is CC(C)n1cc(C(=O)Nc2ccc(Oc3ccnc4[nH]nc(N[C@@H](C)CO)c34)c(F)c2)c(=O)c(-c2ccc(F)cc2)c1. The molecule has 42 heavy (non-hydrogen) atoms. The lowest BCUT2D eigenvalue weighted by molar-refractivity contribution is 0.102. The smallest absolute Gasteiger partial charge is 0.261 e. The van der Waals surface area contributed by atoms with Crippen LogP contribution >= 0.6 is 0 Å². The first-order valence-electron chi connectivity index (χ1n) is 13.2. The van der Waals surface area contributed by atoms with Gasteiger partial charge in [0.15, 0.2) is 23.0 Å². The number of H-pyrrole nitrogens is 1. The van der Waals surface area contributed by atoms with E-state index in [1.807, 2.05) is 13.8 Å². The topological polar surface area (TPSA) is 134 Å². The van der Waals surface area contributed by atoms with Crippen molar-refractivity contribution in [2.75, 3.05) is 17.2 Å². The number of aliphatic hydroxyl groups is 1. The van der Waals surface area contributed by atoms with Crippen molar-refractivity contribution in [1.82, 2.24) is 19.7 Å². The summed E-state index contributed by atoms with van der Waals surface area (Å²) in [6, 6.07) is 10.5. The monoisotopic (exact) mass is 574 g/mol. The number of hydrogen-bond donors (Lipinski definition) is 4. The maximum atomic E-state index is 15.2. The summed E-state index contributed by atoms with van der Waals surface area (Å²) in [7, 11) is 0. The van der Waals surface area contributed by atoms with E-state index in [-0.39, 0.29) is 47.0 Å². The van der Waals surface area contributed by atoms with Crippen LogP contribution in [0.1, 0.15) is 37.2 Å². The highest BCUT2D eigenvalue weighted by molar-refractivity contribution is 6.04. The summed E-state index contributed by atoms with van der Waals surface area (Å²) >= 11 is 0. The molecule has 0 bridgehead atoms. The molecule has 0 radical (unpaired) electrons. The Labute approximate surface area is 239 Å². The van der Waals surface area contributed by atoms with Crippen molar-refractivity contribution in [2.24, 2.45) is 0 Å². The molecule has 12 heteroatoms. The molecule has 0 unspecified atom stereocenters. The van der Waals surface area contributed by atoms with Gasteiger partial charge in [0.25, 0.3) is 5.91 Å². The predicted octanol–water partition coefficient (Wildman–Crippen LogP) is 5.48. The van der Waals surface area contributed by atoms with Crippen LogP contribution in [0, 0.1) is 11.6 Å². The molecule has 0 aliphatic carbocycles. The first-order chi connectivity index (χ1) is 20.1. The van der Waals surface area contributed by atoms with Gasteiger partial charge in [-0.05, 0) is 50.6 Å². The number of aromatic amines is 1. The van der Waals surface area contributed by atoms with Gasteiger partial charge in [-0.1, -0.05) is 12.1 Å². The van der Waals surface area contributed by atoms with Gasteiger partial charge in [-0.25, -0.2) is 13.8 Å². The molecular formula is C30H28F2N6O4. The molecule has 10 nitrogen and oxygen atoms in total. The van der Waals surface area contributed by atoms with Crippen molar-refractivity contribution >= 4 is 28.4 Å². The molecule has 1 amide bonds. The third-order valence-corrected chi connectivity index (χ3v) is 6.53. The molecule has 5 rings (SSSR count). The largest absolute Gasteiger partial charge is 0.453 e. The number of nitrogens with zero attached hydrogens (tertiary/aromatic N) is 3. The van der Waals surface area contributed by atoms with Gasteiger partial charge in [0.2, 0.25) is 5.43 Å². The molecule has 1 atom stereocenters. The average molecular weight is 575 g/mol. The molecule has 0 aliphatic rings. The van der Waals surface area contributed by atoms with Crippen LogP contribution in [0.4, 0.5) is 20.3 Å². The zero-order chi connectivity index (χ0) is 30.0. The number of anilines is 2. The lowest BCUT2D eigenvalue weighted by Crippen LogP contribution is -2.25. The summed E-state index contributed by atoms with van der Waals surface area (Å²) in [4.78, 5) is 30.7. The number of aromatic nitrogens is 4. The van der Waals surface area contributed by atoms with Gasteiger partial charge in [0.05, 0.1) is 6.61 Å². The predicted molar refractivity (Wildman–Crippen MR) is 155 cm³/mol. The van der Waals surface area contributed by atoms with E-state index in [9.17, 15) is 19.1 Å². The zero-order valence-electron chi connectivity index (χ0n) is 23.0. The van der Waals surface area contributed by atoms with E-state index in [1.54, 1.807) is 23.8 Å². The van der Waals surface area contributed by atoms with Crippen LogP contribution < -0.4 is 20.8 Å². The number of ether oxygens (including phenoxy) is 1. The van der Waals surface area contributed by atoms with Gasteiger partial charge < -0.3 is 25.0 Å². The fourth-order valence-electron chi connectivity index (χ4n) is 4.26. The number of carbonyl (C=O) groups excluding carboxylic acids is 1. The summed E-state index contributed by atoms with van der Waals surface area (Å²) in [5.74, 6) is -1.41. The van der Waals surface area contributed by atoms with Crippen LogP contribution in [0.25, 0.3) is 22.2 Å². The maximum absolute atomic E-state index is 15.2. The van der Waals surface area contributed by atoms with Crippen molar-refractivity contribution in [1.29, 1.82) is 0 Å². The van der Waals surface area contributed by atoms with Crippen LogP contribution in [0.15, 0.2) is 71.9 Å². The summed E-state index contributed by atoms with van der Waals surface area (Å²) < 4.78 is 36.2. The molecule has 4 N–H and O–H groups in total. The van der Waals surface area contributed by atoms with Gasteiger partial charge in [-0.2, -0.15) is 5.10 Å². The lowest BCUT2D eigenvalue weighted by atomic mass is 10.0. The number of fused-ring (bicyclic) bond motifs is 1. The first-order valence-corrected chi connectivity index (χ1v) is 13.2. The highest BCUT2D eigenvalue weighted by Gasteiger charge is 2.19. The maximum Gasteiger partial charge on any atom is 0.261 e. The number of aliphatic hydroxyl groups excluding tert-OH is 1. The fraction of sp³-hybridized carbons (Fsp3) is 0.200. The quantitative estimate of drug-likeness (QED) is 0.183. The van der Waals surface area contributed by atoms with E-state index in [0.717, 1.165) is 6.07 Å². The molecule has 0 saturated carbocycles.